The summed E-state index contributed by atoms with van der Waals surface area (Å²) < 4.78 is 36.2. The van der Waals surface area contributed by atoms with Crippen LogP contribution in [0.15, 0.2) is 47.4 Å². The second-order valence-corrected chi connectivity index (χ2v) is 8.99. The number of fused-ring (bicyclic) bond motifs is 1. The minimum Gasteiger partial charge on any atom is -0.497 e. The van der Waals surface area contributed by atoms with Crippen LogP contribution in [0.2, 0.25) is 0 Å². The lowest BCUT2D eigenvalue weighted by Crippen LogP contribution is -2.17. The fraction of sp³-hybridized carbons (Fsp3) is 0.263. The molecule has 1 amide bonds. The van der Waals surface area contributed by atoms with Gasteiger partial charge in [0.15, 0.2) is 15.0 Å². The van der Waals surface area contributed by atoms with Crippen molar-refractivity contribution in [2.75, 3.05) is 24.8 Å². The predicted molar refractivity (Wildman–Crippen MR) is 109 cm³/mol. The van der Waals surface area contributed by atoms with Crippen molar-refractivity contribution in [3.05, 3.63) is 42.5 Å². The minimum absolute atomic E-state index is 0.155. The van der Waals surface area contributed by atoms with Crippen LogP contribution in [0.1, 0.15) is 13.3 Å². The van der Waals surface area contributed by atoms with Crippen molar-refractivity contribution in [1.29, 1.82) is 0 Å². The van der Waals surface area contributed by atoms with Gasteiger partial charge in [-0.1, -0.05) is 17.4 Å². The zero-order valence-corrected chi connectivity index (χ0v) is 17.1. The van der Waals surface area contributed by atoms with Gasteiger partial charge in [-0.15, -0.1) is 0 Å². The van der Waals surface area contributed by atoms with Gasteiger partial charge in [0.25, 0.3) is 0 Å². The SMILES string of the molecule is CCOc1cccc2sc(NC(=O)CCS(=O)(=O)c3ccc(OC)cc3)nc12. The number of anilines is 1. The van der Waals surface area contributed by atoms with Gasteiger partial charge in [-0.2, -0.15) is 0 Å². The van der Waals surface area contributed by atoms with Gasteiger partial charge in [-0.3, -0.25) is 4.79 Å². The van der Waals surface area contributed by atoms with Crippen molar-refractivity contribution in [2.45, 2.75) is 18.2 Å². The van der Waals surface area contributed by atoms with Crippen molar-refractivity contribution in [1.82, 2.24) is 4.98 Å². The maximum Gasteiger partial charge on any atom is 0.227 e. The number of nitrogens with one attached hydrogen (secondary N) is 1. The topological polar surface area (TPSA) is 94.6 Å². The Balaban J connectivity index is 1.65. The Morgan fingerprint density at radius 2 is 1.93 bits per heavy atom. The summed E-state index contributed by atoms with van der Waals surface area (Å²) in [6, 6.07) is 11.6. The molecule has 0 atom stereocenters. The molecule has 0 saturated carbocycles. The lowest BCUT2D eigenvalue weighted by atomic mass is 10.3. The van der Waals surface area contributed by atoms with Gasteiger partial charge in [0, 0.05) is 6.42 Å². The van der Waals surface area contributed by atoms with E-state index in [1.165, 1.54) is 30.6 Å². The fourth-order valence-electron chi connectivity index (χ4n) is 2.56. The smallest absolute Gasteiger partial charge is 0.227 e. The zero-order chi connectivity index (χ0) is 20.1. The second-order valence-electron chi connectivity index (χ2n) is 5.85. The number of carbonyl (C=O) groups is 1. The normalized spacial score (nSPS) is 11.4. The molecule has 7 nitrogen and oxygen atoms in total. The molecule has 1 N–H and O–H groups in total. The number of carbonyl (C=O) groups excluding carboxylic acids is 1. The Bertz CT molecular complexity index is 1080. The van der Waals surface area contributed by atoms with E-state index in [9.17, 15) is 13.2 Å². The van der Waals surface area contributed by atoms with Crippen LogP contribution >= 0.6 is 11.3 Å². The first-order valence-corrected chi connectivity index (χ1v) is 11.1. The third-order valence-corrected chi connectivity index (χ3v) is 6.61. The third-order valence-electron chi connectivity index (χ3n) is 3.94. The number of amides is 1. The molecule has 1 heterocycles. The van der Waals surface area contributed by atoms with E-state index in [1.807, 2.05) is 25.1 Å². The van der Waals surface area contributed by atoms with Crippen molar-refractivity contribution in [3.8, 4) is 11.5 Å². The molecule has 0 saturated heterocycles. The highest BCUT2D eigenvalue weighted by Crippen LogP contribution is 2.32. The van der Waals surface area contributed by atoms with Crippen LogP contribution in [0.5, 0.6) is 11.5 Å². The first kappa shape index (κ1) is 20.1. The number of sulfone groups is 1. The van der Waals surface area contributed by atoms with Crippen LogP contribution < -0.4 is 14.8 Å². The molecule has 0 radical (unpaired) electrons. The van der Waals surface area contributed by atoms with Crippen LogP contribution in [0.3, 0.4) is 0 Å². The number of hydrogen-bond acceptors (Lipinski definition) is 7. The van der Waals surface area contributed by atoms with Crippen LogP contribution in [-0.4, -0.2) is 38.8 Å². The molecule has 3 rings (SSSR count). The van der Waals surface area contributed by atoms with Gasteiger partial charge in [-0.05, 0) is 43.3 Å². The molecular formula is C19H20N2O5S2. The summed E-state index contributed by atoms with van der Waals surface area (Å²) in [6.07, 6.45) is -0.164. The van der Waals surface area contributed by atoms with Crippen molar-refractivity contribution < 1.29 is 22.7 Å². The Hall–Kier alpha value is -2.65. The molecular weight excluding hydrogens is 400 g/mol. The summed E-state index contributed by atoms with van der Waals surface area (Å²) in [6.45, 7) is 2.40. The molecule has 3 aromatic rings. The highest BCUT2D eigenvalue weighted by atomic mass is 32.2. The Morgan fingerprint density at radius 3 is 2.61 bits per heavy atom. The number of nitrogens with zero attached hydrogens (tertiary/aromatic N) is 1. The van der Waals surface area contributed by atoms with Gasteiger partial charge in [0.05, 0.1) is 29.1 Å². The van der Waals surface area contributed by atoms with E-state index in [2.05, 4.69) is 10.3 Å². The maximum atomic E-state index is 12.4. The molecule has 0 bridgehead atoms. The van der Waals surface area contributed by atoms with Crippen LogP contribution in [0.4, 0.5) is 5.13 Å². The van der Waals surface area contributed by atoms with E-state index < -0.39 is 15.7 Å². The number of benzene rings is 2. The molecule has 1 aromatic heterocycles. The van der Waals surface area contributed by atoms with Crippen molar-refractivity contribution in [2.24, 2.45) is 0 Å². The van der Waals surface area contributed by atoms with Crippen LogP contribution in [0.25, 0.3) is 10.2 Å². The minimum atomic E-state index is -3.56. The number of ether oxygens (including phenoxy) is 2. The van der Waals surface area contributed by atoms with Gasteiger partial charge in [0.1, 0.15) is 17.0 Å². The summed E-state index contributed by atoms with van der Waals surface area (Å²) in [7, 11) is -2.06. The number of para-hydroxylation sites is 1. The Morgan fingerprint density at radius 1 is 1.18 bits per heavy atom. The molecule has 148 valence electrons. The van der Waals surface area contributed by atoms with E-state index >= 15 is 0 Å². The summed E-state index contributed by atoms with van der Waals surface area (Å²) in [4.78, 5) is 16.8. The Labute approximate surface area is 167 Å². The van der Waals surface area contributed by atoms with E-state index in [1.54, 1.807) is 12.1 Å². The molecule has 0 fully saturated rings. The predicted octanol–water partition coefficient (Wildman–Crippen LogP) is 3.51. The first-order chi connectivity index (χ1) is 13.4. The number of thiazole rings is 1. The van der Waals surface area contributed by atoms with Gasteiger partial charge < -0.3 is 14.8 Å². The average molecular weight is 421 g/mol. The highest BCUT2D eigenvalue weighted by Gasteiger charge is 2.18. The molecule has 2 aromatic carbocycles. The monoisotopic (exact) mass is 420 g/mol. The summed E-state index contributed by atoms with van der Waals surface area (Å²) >= 11 is 1.31. The summed E-state index contributed by atoms with van der Waals surface area (Å²) in [5, 5.41) is 3.08. The largest absolute Gasteiger partial charge is 0.497 e. The molecule has 0 aliphatic rings. The fourth-order valence-corrected chi connectivity index (χ4v) is 4.70. The third kappa shape index (κ3) is 4.60. The maximum absolute atomic E-state index is 12.4. The molecule has 28 heavy (non-hydrogen) atoms. The molecule has 0 unspecified atom stereocenters. The number of rotatable bonds is 8. The summed E-state index contributed by atoms with van der Waals surface area (Å²) in [5.74, 6) is 0.521. The lowest BCUT2D eigenvalue weighted by Gasteiger charge is -2.06. The van der Waals surface area contributed by atoms with Crippen molar-refractivity contribution >= 4 is 42.4 Å². The average Bonchev–Trinajstić information content (AvgIpc) is 3.10. The van der Waals surface area contributed by atoms with Gasteiger partial charge in [-0.25, -0.2) is 13.4 Å². The molecule has 9 heteroatoms. The van der Waals surface area contributed by atoms with E-state index in [-0.39, 0.29) is 17.1 Å². The van der Waals surface area contributed by atoms with Gasteiger partial charge >= 0.3 is 0 Å². The zero-order valence-electron chi connectivity index (χ0n) is 15.5. The first-order valence-electron chi connectivity index (χ1n) is 8.62. The number of aromatic nitrogens is 1. The van der Waals surface area contributed by atoms with E-state index in [0.717, 1.165) is 4.70 Å². The quantitative estimate of drug-likeness (QED) is 0.599. The van der Waals surface area contributed by atoms with Gasteiger partial charge in [0.2, 0.25) is 5.91 Å². The highest BCUT2D eigenvalue weighted by molar-refractivity contribution is 7.91. The van der Waals surface area contributed by atoms with E-state index in [0.29, 0.717) is 28.8 Å². The van der Waals surface area contributed by atoms with Crippen LogP contribution in [0, 0.1) is 0 Å². The molecule has 0 aliphatic carbocycles. The number of methoxy groups -OCH3 is 1. The summed E-state index contributed by atoms with van der Waals surface area (Å²) in [5.41, 5.74) is 0.676. The number of hydrogen-bond donors (Lipinski definition) is 1. The van der Waals surface area contributed by atoms with Crippen molar-refractivity contribution in [3.63, 3.8) is 0 Å². The standard InChI is InChI=1S/C19H20N2O5S2/c1-3-26-15-5-4-6-16-18(15)21-19(27-16)20-17(22)11-12-28(23,24)14-9-7-13(25-2)8-10-14/h4-10H,3,11-12H2,1-2H3,(H,20,21,22). The second kappa shape index (κ2) is 8.57. The van der Waals surface area contributed by atoms with Crippen LogP contribution in [-0.2, 0) is 14.6 Å². The molecule has 0 aliphatic heterocycles. The van der Waals surface area contributed by atoms with E-state index in [4.69, 9.17) is 9.47 Å². The lowest BCUT2D eigenvalue weighted by molar-refractivity contribution is -0.115. The molecule has 0 spiro atoms. The Kier molecular flexibility index (Phi) is 6.15.